The van der Waals surface area contributed by atoms with Gasteiger partial charge in [-0.1, -0.05) is 12.1 Å². The van der Waals surface area contributed by atoms with Crippen LogP contribution in [0.3, 0.4) is 0 Å². The molecule has 0 spiro atoms. The Morgan fingerprint density at radius 2 is 2.12 bits per heavy atom. The third-order valence-corrected chi connectivity index (χ3v) is 2.32. The number of hydrogen-bond acceptors (Lipinski definition) is 4. The van der Waals surface area contributed by atoms with Gasteiger partial charge in [-0.25, -0.2) is 0 Å². The predicted molar refractivity (Wildman–Crippen MR) is 64.8 cm³/mol. The van der Waals surface area contributed by atoms with Crippen molar-refractivity contribution in [3.05, 3.63) is 23.8 Å². The van der Waals surface area contributed by atoms with E-state index in [0.717, 1.165) is 0 Å². The van der Waals surface area contributed by atoms with E-state index in [2.05, 4.69) is 10.6 Å². The molecule has 0 atom stereocenters. The summed E-state index contributed by atoms with van der Waals surface area (Å²) in [6, 6.07) is 4.80. The summed E-state index contributed by atoms with van der Waals surface area (Å²) in [6.45, 7) is 3.45. The highest BCUT2D eigenvalue weighted by Crippen LogP contribution is 2.27. The standard InChI is InChI=1S/C12H18N2O3/c1-2-14-11(16)6-7-13-8-9-4-3-5-10(15)12(9)17/h3-5,13,15,17H,2,6-8H2,1H3,(H,14,16). The van der Waals surface area contributed by atoms with Crippen molar-refractivity contribution in [2.24, 2.45) is 0 Å². The van der Waals surface area contributed by atoms with Gasteiger partial charge in [0.25, 0.3) is 0 Å². The molecule has 0 saturated carbocycles. The molecular weight excluding hydrogens is 220 g/mol. The van der Waals surface area contributed by atoms with Crippen LogP contribution < -0.4 is 10.6 Å². The number of benzene rings is 1. The number of hydrogen-bond donors (Lipinski definition) is 4. The molecule has 0 aromatic heterocycles. The first-order chi connectivity index (χ1) is 8.15. The molecule has 1 amide bonds. The third kappa shape index (κ3) is 4.32. The lowest BCUT2D eigenvalue weighted by molar-refractivity contribution is -0.120. The topological polar surface area (TPSA) is 81.6 Å². The van der Waals surface area contributed by atoms with Crippen LogP contribution in [-0.2, 0) is 11.3 Å². The largest absolute Gasteiger partial charge is 0.504 e. The fraction of sp³-hybridized carbons (Fsp3) is 0.417. The molecule has 94 valence electrons. The Kier molecular flexibility index (Phi) is 5.29. The average molecular weight is 238 g/mol. The van der Waals surface area contributed by atoms with Gasteiger partial charge in [0.1, 0.15) is 0 Å². The molecule has 0 aliphatic carbocycles. The fourth-order valence-electron chi connectivity index (χ4n) is 1.43. The molecule has 1 aromatic carbocycles. The van der Waals surface area contributed by atoms with Crippen molar-refractivity contribution in [3.8, 4) is 11.5 Å². The van der Waals surface area contributed by atoms with E-state index in [4.69, 9.17) is 0 Å². The highest BCUT2D eigenvalue weighted by molar-refractivity contribution is 5.75. The smallest absolute Gasteiger partial charge is 0.221 e. The number of phenols is 2. The van der Waals surface area contributed by atoms with Crippen LogP contribution in [-0.4, -0.2) is 29.2 Å². The van der Waals surface area contributed by atoms with Crippen LogP contribution in [0.2, 0.25) is 0 Å². The number of rotatable bonds is 6. The number of carbonyl (C=O) groups is 1. The zero-order valence-corrected chi connectivity index (χ0v) is 9.86. The minimum absolute atomic E-state index is 0.000121. The van der Waals surface area contributed by atoms with Crippen LogP contribution in [0.1, 0.15) is 18.9 Å². The molecule has 0 unspecified atom stereocenters. The maximum Gasteiger partial charge on any atom is 0.221 e. The predicted octanol–water partition coefficient (Wildman–Crippen LogP) is 0.714. The van der Waals surface area contributed by atoms with Crippen LogP contribution >= 0.6 is 0 Å². The van der Waals surface area contributed by atoms with E-state index >= 15 is 0 Å². The van der Waals surface area contributed by atoms with Gasteiger partial charge in [-0.05, 0) is 13.0 Å². The molecule has 0 heterocycles. The molecule has 0 fully saturated rings. The molecule has 5 heteroatoms. The van der Waals surface area contributed by atoms with Crippen LogP contribution in [0.5, 0.6) is 11.5 Å². The summed E-state index contributed by atoms with van der Waals surface area (Å²) in [7, 11) is 0. The molecule has 17 heavy (non-hydrogen) atoms. The first kappa shape index (κ1) is 13.3. The van der Waals surface area contributed by atoms with Gasteiger partial charge >= 0.3 is 0 Å². The number of para-hydroxylation sites is 1. The van der Waals surface area contributed by atoms with Gasteiger partial charge in [-0.15, -0.1) is 0 Å². The molecule has 4 N–H and O–H groups in total. The molecular formula is C12H18N2O3. The summed E-state index contributed by atoms with van der Waals surface area (Å²) >= 11 is 0. The average Bonchev–Trinajstić information content (AvgIpc) is 2.30. The Morgan fingerprint density at radius 1 is 1.35 bits per heavy atom. The minimum Gasteiger partial charge on any atom is -0.504 e. The van der Waals surface area contributed by atoms with Gasteiger partial charge in [0.15, 0.2) is 11.5 Å². The van der Waals surface area contributed by atoms with E-state index in [0.29, 0.717) is 31.6 Å². The Balaban J connectivity index is 2.31. The minimum atomic E-state index is -0.131. The zero-order chi connectivity index (χ0) is 12.7. The van der Waals surface area contributed by atoms with Gasteiger partial charge < -0.3 is 20.8 Å². The van der Waals surface area contributed by atoms with Crippen molar-refractivity contribution < 1.29 is 15.0 Å². The summed E-state index contributed by atoms with van der Waals surface area (Å²) in [5.41, 5.74) is 0.612. The molecule has 0 aliphatic heterocycles. The number of nitrogens with one attached hydrogen (secondary N) is 2. The first-order valence-corrected chi connectivity index (χ1v) is 5.62. The molecule has 5 nitrogen and oxygen atoms in total. The van der Waals surface area contributed by atoms with E-state index in [9.17, 15) is 15.0 Å². The molecule has 0 saturated heterocycles. The second-order valence-electron chi connectivity index (χ2n) is 3.67. The lowest BCUT2D eigenvalue weighted by Gasteiger charge is -2.07. The Morgan fingerprint density at radius 3 is 2.82 bits per heavy atom. The Labute approximate surface area is 100 Å². The maximum atomic E-state index is 11.1. The molecule has 0 aliphatic rings. The summed E-state index contributed by atoms with van der Waals surface area (Å²) in [4.78, 5) is 11.1. The zero-order valence-electron chi connectivity index (χ0n) is 9.86. The number of carbonyl (C=O) groups excluding carboxylic acids is 1. The maximum absolute atomic E-state index is 11.1. The summed E-state index contributed by atoms with van der Waals surface area (Å²) in [5.74, 6) is -0.244. The molecule has 1 rings (SSSR count). The van der Waals surface area contributed by atoms with E-state index in [1.165, 1.54) is 6.07 Å². The lowest BCUT2D eigenvalue weighted by Crippen LogP contribution is -2.27. The molecule has 0 radical (unpaired) electrons. The van der Waals surface area contributed by atoms with Gasteiger partial charge in [0, 0.05) is 31.6 Å². The Bertz CT molecular complexity index is 380. The third-order valence-electron chi connectivity index (χ3n) is 2.32. The normalized spacial score (nSPS) is 10.2. The van der Waals surface area contributed by atoms with Crippen molar-refractivity contribution in [2.45, 2.75) is 19.9 Å². The SMILES string of the molecule is CCNC(=O)CCNCc1cccc(O)c1O. The second kappa shape index (κ2) is 6.75. The van der Waals surface area contributed by atoms with Crippen molar-refractivity contribution in [1.29, 1.82) is 0 Å². The Hall–Kier alpha value is -1.75. The van der Waals surface area contributed by atoms with Crippen molar-refractivity contribution in [2.75, 3.05) is 13.1 Å². The monoisotopic (exact) mass is 238 g/mol. The van der Waals surface area contributed by atoms with Crippen LogP contribution in [0, 0.1) is 0 Å². The van der Waals surface area contributed by atoms with Crippen molar-refractivity contribution >= 4 is 5.91 Å². The summed E-state index contributed by atoms with van der Waals surface area (Å²) in [5, 5.41) is 24.5. The number of amides is 1. The van der Waals surface area contributed by atoms with Gasteiger partial charge in [-0.3, -0.25) is 4.79 Å². The fourth-order valence-corrected chi connectivity index (χ4v) is 1.43. The second-order valence-corrected chi connectivity index (χ2v) is 3.67. The molecule has 0 bridgehead atoms. The van der Waals surface area contributed by atoms with E-state index in [1.54, 1.807) is 12.1 Å². The van der Waals surface area contributed by atoms with Crippen LogP contribution in [0.4, 0.5) is 0 Å². The number of aromatic hydroxyl groups is 2. The summed E-state index contributed by atoms with van der Waals surface area (Å²) in [6.07, 6.45) is 0.396. The van der Waals surface area contributed by atoms with Gasteiger partial charge in [0.2, 0.25) is 5.91 Å². The van der Waals surface area contributed by atoms with E-state index in [1.807, 2.05) is 6.92 Å². The van der Waals surface area contributed by atoms with E-state index < -0.39 is 0 Å². The van der Waals surface area contributed by atoms with Crippen molar-refractivity contribution in [1.82, 2.24) is 10.6 Å². The number of phenolic OH excluding ortho intramolecular Hbond substituents is 2. The van der Waals surface area contributed by atoms with E-state index in [-0.39, 0.29) is 17.4 Å². The first-order valence-electron chi connectivity index (χ1n) is 5.62. The lowest BCUT2D eigenvalue weighted by atomic mass is 10.2. The van der Waals surface area contributed by atoms with Gasteiger partial charge in [-0.2, -0.15) is 0 Å². The highest BCUT2D eigenvalue weighted by Gasteiger charge is 2.05. The van der Waals surface area contributed by atoms with Crippen molar-refractivity contribution in [3.63, 3.8) is 0 Å². The van der Waals surface area contributed by atoms with Crippen LogP contribution in [0.15, 0.2) is 18.2 Å². The molecule has 1 aromatic rings. The summed E-state index contributed by atoms with van der Waals surface area (Å²) < 4.78 is 0. The quantitative estimate of drug-likeness (QED) is 0.434. The highest BCUT2D eigenvalue weighted by atomic mass is 16.3. The van der Waals surface area contributed by atoms with Gasteiger partial charge in [0.05, 0.1) is 0 Å². The van der Waals surface area contributed by atoms with Crippen LogP contribution in [0.25, 0.3) is 0 Å².